The topological polar surface area (TPSA) is 157 Å². The summed E-state index contributed by atoms with van der Waals surface area (Å²) in [5.74, 6) is -0.832. The maximum absolute atomic E-state index is 12.9. The van der Waals surface area contributed by atoms with E-state index in [1.807, 2.05) is 0 Å². The second kappa shape index (κ2) is 9.41. The van der Waals surface area contributed by atoms with Crippen molar-refractivity contribution in [2.24, 2.45) is 0 Å². The number of carbonyl (C=O) groups excluding carboxylic acids is 1. The van der Waals surface area contributed by atoms with E-state index in [2.05, 4.69) is 0 Å². The molecule has 1 atom stereocenters. The molecule has 10 nitrogen and oxygen atoms in total. The van der Waals surface area contributed by atoms with Crippen molar-refractivity contribution in [3.63, 3.8) is 0 Å². The molecule has 208 valence electrons. The van der Waals surface area contributed by atoms with Crippen LogP contribution in [0.1, 0.15) is 22.3 Å². The fraction of sp³-hybridized carbons (Fsp3) is 0.0938. The first kappa shape index (κ1) is 25.2. The van der Waals surface area contributed by atoms with Gasteiger partial charge in [0.15, 0.2) is 11.3 Å². The molecule has 0 aliphatic carbocycles. The van der Waals surface area contributed by atoms with E-state index in [-0.39, 0.29) is 57.8 Å². The number of phenolic OH excluding ortho intramolecular Hbond substituents is 2. The Labute approximate surface area is 235 Å². The van der Waals surface area contributed by atoms with Gasteiger partial charge >= 0.3 is 17.2 Å². The average molecular weight is 565 g/mol. The molecule has 5 aromatic rings. The van der Waals surface area contributed by atoms with E-state index < -0.39 is 23.5 Å². The van der Waals surface area contributed by atoms with Gasteiger partial charge in [0.1, 0.15) is 22.8 Å². The number of fused-ring (bicyclic) bond motifs is 4. The van der Waals surface area contributed by atoms with Crippen molar-refractivity contribution in [1.29, 1.82) is 0 Å². The lowest BCUT2D eigenvalue weighted by molar-refractivity contribution is -0.155. The number of carbonyl (C=O) groups is 1. The van der Waals surface area contributed by atoms with Crippen LogP contribution in [0.4, 0.5) is 0 Å². The third-order valence-electron chi connectivity index (χ3n) is 7.30. The molecular weight excluding hydrogens is 544 g/mol. The number of phenols is 2. The molecule has 0 bridgehead atoms. The lowest BCUT2D eigenvalue weighted by Crippen LogP contribution is -2.34. The number of para-hydroxylation sites is 1. The number of esters is 1. The summed E-state index contributed by atoms with van der Waals surface area (Å²) in [6.45, 7) is 0. The molecular formula is C32H20O10. The van der Waals surface area contributed by atoms with Gasteiger partial charge in [-0.3, -0.25) is 0 Å². The van der Waals surface area contributed by atoms with Crippen molar-refractivity contribution in [2.45, 2.75) is 19.1 Å². The summed E-state index contributed by atoms with van der Waals surface area (Å²) in [6, 6.07) is 17.0. The number of aliphatic hydroxyl groups excluding tert-OH is 1. The third kappa shape index (κ3) is 4.17. The highest BCUT2D eigenvalue weighted by atomic mass is 16.7. The normalized spacial score (nSPS) is 16.0. The van der Waals surface area contributed by atoms with Crippen molar-refractivity contribution in [3.8, 4) is 17.2 Å². The minimum Gasteiger partial charge on any atom is -0.507 e. The Kier molecular flexibility index (Phi) is 5.65. The van der Waals surface area contributed by atoms with Crippen molar-refractivity contribution in [1.82, 2.24) is 0 Å². The van der Waals surface area contributed by atoms with Crippen LogP contribution < -0.4 is 16.0 Å². The fourth-order valence-corrected chi connectivity index (χ4v) is 5.41. The largest absolute Gasteiger partial charge is 0.507 e. The summed E-state index contributed by atoms with van der Waals surface area (Å²) in [6.07, 6.45) is 0.483. The van der Waals surface area contributed by atoms with Crippen LogP contribution in [0.25, 0.3) is 27.7 Å². The maximum Gasteiger partial charge on any atom is 0.337 e. The zero-order valence-corrected chi connectivity index (χ0v) is 21.6. The zero-order chi connectivity index (χ0) is 29.1. The number of hydrogen-bond acceptors (Lipinski definition) is 10. The van der Waals surface area contributed by atoms with Crippen LogP contribution in [0.2, 0.25) is 0 Å². The molecule has 7 rings (SSSR count). The molecule has 10 heteroatoms. The van der Waals surface area contributed by atoms with Crippen LogP contribution in [0.5, 0.6) is 17.2 Å². The molecule has 4 heterocycles. The predicted octanol–water partition coefficient (Wildman–Crippen LogP) is 4.61. The summed E-state index contributed by atoms with van der Waals surface area (Å²) < 4.78 is 21.7. The van der Waals surface area contributed by atoms with Crippen molar-refractivity contribution >= 4 is 33.7 Å². The van der Waals surface area contributed by atoms with Crippen LogP contribution in [0.15, 0.2) is 102 Å². The lowest BCUT2D eigenvalue weighted by Gasteiger charge is -2.30. The Morgan fingerprint density at radius 2 is 1.50 bits per heavy atom. The SMILES string of the molecule is O=C1OC2Oc3ccc(Cc4cc(=O)oc5c(O)cccc45)cc3C(O)=C2C=C1Cc1cc(=O)oc2cccc(O)c12. The summed E-state index contributed by atoms with van der Waals surface area (Å²) in [5.41, 5.74) is 1.41. The Morgan fingerprint density at radius 1 is 0.738 bits per heavy atom. The van der Waals surface area contributed by atoms with Crippen LogP contribution in [-0.4, -0.2) is 27.6 Å². The van der Waals surface area contributed by atoms with Gasteiger partial charge in [-0.05, 0) is 59.5 Å². The molecule has 0 amide bonds. The number of benzene rings is 3. The van der Waals surface area contributed by atoms with Gasteiger partial charge in [-0.2, -0.15) is 0 Å². The van der Waals surface area contributed by atoms with Gasteiger partial charge in [-0.15, -0.1) is 0 Å². The number of ether oxygens (including phenoxy) is 2. The first-order valence-corrected chi connectivity index (χ1v) is 12.9. The zero-order valence-electron chi connectivity index (χ0n) is 21.6. The molecule has 0 spiro atoms. The lowest BCUT2D eigenvalue weighted by atomic mass is 9.94. The predicted molar refractivity (Wildman–Crippen MR) is 149 cm³/mol. The van der Waals surface area contributed by atoms with Gasteiger partial charge in [0, 0.05) is 29.5 Å². The summed E-state index contributed by atoms with van der Waals surface area (Å²) in [7, 11) is 0. The van der Waals surface area contributed by atoms with Crippen molar-refractivity contribution in [3.05, 3.63) is 127 Å². The molecule has 2 aromatic heterocycles. The first-order valence-electron chi connectivity index (χ1n) is 12.9. The van der Waals surface area contributed by atoms with E-state index in [0.29, 0.717) is 27.8 Å². The highest BCUT2D eigenvalue weighted by Crippen LogP contribution is 2.40. The van der Waals surface area contributed by atoms with E-state index in [0.717, 1.165) is 5.56 Å². The Bertz CT molecular complexity index is 2150. The molecule has 3 aromatic carbocycles. The summed E-state index contributed by atoms with van der Waals surface area (Å²) in [5, 5.41) is 32.7. The van der Waals surface area contributed by atoms with Crippen molar-refractivity contribution in [2.75, 3.05) is 0 Å². The summed E-state index contributed by atoms with van der Waals surface area (Å²) in [4.78, 5) is 37.2. The Hall–Kier alpha value is -5.77. The van der Waals surface area contributed by atoms with Gasteiger partial charge in [0.2, 0.25) is 0 Å². The molecule has 0 saturated heterocycles. The Balaban J connectivity index is 1.27. The van der Waals surface area contributed by atoms with E-state index in [1.165, 1.54) is 42.5 Å². The van der Waals surface area contributed by atoms with Crippen LogP contribution >= 0.6 is 0 Å². The van der Waals surface area contributed by atoms with Gasteiger partial charge < -0.3 is 33.6 Å². The number of aromatic hydroxyl groups is 2. The van der Waals surface area contributed by atoms with E-state index in [1.54, 1.807) is 30.3 Å². The molecule has 1 unspecified atom stereocenters. The van der Waals surface area contributed by atoms with E-state index >= 15 is 0 Å². The molecule has 0 fully saturated rings. The van der Waals surface area contributed by atoms with Crippen molar-refractivity contribution < 1.29 is 38.4 Å². The third-order valence-corrected chi connectivity index (χ3v) is 7.30. The number of rotatable bonds is 4. The van der Waals surface area contributed by atoms with E-state index in [4.69, 9.17) is 18.3 Å². The highest BCUT2D eigenvalue weighted by Gasteiger charge is 2.36. The summed E-state index contributed by atoms with van der Waals surface area (Å²) >= 11 is 0. The van der Waals surface area contributed by atoms with Gasteiger partial charge in [0.05, 0.1) is 16.5 Å². The van der Waals surface area contributed by atoms with Crippen LogP contribution in [-0.2, 0) is 22.4 Å². The second-order valence-electron chi connectivity index (χ2n) is 10.00. The Morgan fingerprint density at radius 3 is 2.36 bits per heavy atom. The van der Waals surface area contributed by atoms with Gasteiger partial charge in [-0.1, -0.05) is 24.3 Å². The maximum atomic E-state index is 12.9. The average Bonchev–Trinajstić information content (AvgIpc) is 2.95. The number of hydrogen-bond donors (Lipinski definition) is 3. The van der Waals surface area contributed by atoms with E-state index in [9.17, 15) is 29.7 Å². The van der Waals surface area contributed by atoms with Crippen LogP contribution in [0.3, 0.4) is 0 Å². The van der Waals surface area contributed by atoms with Gasteiger partial charge in [0.25, 0.3) is 6.29 Å². The molecule has 42 heavy (non-hydrogen) atoms. The highest BCUT2D eigenvalue weighted by molar-refractivity contribution is 5.95. The van der Waals surface area contributed by atoms with Gasteiger partial charge in [-0.25, -0.2) is 14.4 Å². The minimum atomic E-state index is -1.18. The second-order valence-corrected chi connectivity index (χ2v) is 10.00. The monoisotopic (exact) mass is 564 g/mol. The molecule has 0 radical (unpaired) electrons. The smallest absolute Gasteiger partial charge is 0.337 e. The fourth-order valence-electron chi connectivity index (χ4n) is 5.41. The molecule has 0 saturated carbocycles. The molecule has 2 aliphatic heterocycles. The molecule has 3 N–H and O–H groups in total. The number of aliphatic hydroxyl groups is 1. The quantitative estimate of drug-likeness (QED) is 0.208. The standard InChI is InChI=1S/C32H20O10/c33-22-4-2-6-25-28(22)17(14-26(35)39-25)11-18-12-21-29(37)20-10-15(7-8-24(20)40-32(21)42-31(18)38)9-16-13-27(36)41-30-19(16)3-1-5-23(30)34/h1-8,10,12-14,32-34,37H,9,11H2. The molecule has 2 aliphatic rings. The van der Waals surface area contributed by atoms with Crippen LogP contribution in [0, 0.1) is 0 Å². The first-order chi connectivity index (χ1) is 20.2. The minimum absolute atomic E-state index is 0.0780.